The van der Waals surface area contributed by atoms with Gasteiger partial charge < -0.3 is 9.55 Å². The number of carbonyl (C=O) groups is 2. The van der Waals surface area contributed by atoms with Gasteiger partial charge in [-0.15, -0.1) is 0 Å². The summed E-state index contributed by atoms with van der Waals surface area (Å²) in [5.41, 5.74) is 0.204. The molecule has 2 N–H and O–H groups in total. The van der Waals surface area contributed by atoms with Crippen LogP contribution in [0.25, 0.3) is 11.0 Å². The summed E-state index contributed by atoms with van der Waals surface area (Å²) in [5.74, 6) is -2.13. The number of imide groups is 1. The smallest absolute Gasteiger partial charge is 0.277 e. The van der Waals surface area contributed by atoms with E-state index in [-0.39, 0.29) is 34.8 Å². The zero-order chi connectivity index (χ0) is 20.9. The number of sulfonamides is 1. The molecule has 1 saturated heterocycles. The number of carbonyl (C=O) groups excluding carboxylic acids is 2. The van der Waals surface area contributed by atoms with Gasteiger partial charge in [-0.25, -0.2) is 9.37 Å². The summed E-state index contributed by atoms with van der Waals surface area (Å²) in [6, 6.07) is 4.31. The van der Waals surface area contributed by atoms with Gasteiger partial charge in [0.25, 0.3) is 10.0 Å². The SMILES string of the molecule is CC1CC(=O)N(Cc2c(NS(=O)(=O)c3ccc[nH]3)cc3c(ncn3C)c2F)C1=O. The van der Waals surface area contributed by atoms with Crippen molar-refractivity contribution >= 4 is 38.6 Å². The molecule has 0 spiro atoms. The molecule has 4 rings (SSSR count). The molecule has 1 aliphatic rings. The molecular weight excluding hydrogens is 401 g/mol. The second-order valence-corrected chi connectivity index (χ2v) is 8.65. The first-order valence-electron chi connectivity index (χ1n) is 8.82. The number of imidazole rings is 1. The second-order valence-electron chi connectivity index (χ2n) is 7.00. The van der Waals surface area contributed by atoms with Crippen LogP contribution in [0.3, 0.4) is 0 Å². The van der Waals surface area contributed by atoms with Crippen molar-refractivity contribution in [3.05, 3.63) is 42.1 Å². The number of hydrogen-bond acceptors (Lipinski definition) is 5. The molecule has 29 heavy (non-hydrogen) atoms. The molecule has 0 bridgehead atoms. The summed E-state index contributed by atoms with van der Waals surface area (Å²) in [5, 5.41) is -0.101. The highest BCUT2D eigenvalue weighted by molar-refractivity contribution is 7.92. The standard InChI is InChI=1S/C18H18FN5O4S/c1-10-6-15(25)24(18(10)26)8-11-12(22-29(27,28)14-4-3-5-20-14)7-13-17(16(11)19)21-9-23(13)2/h3-5,7,9-10,20,22H,6,8H2,1-2H3. The van der Waals surface area contributed by atoms with Crippen molar-refractivity contribution in [2.45, 2.75) is 24.9 Å². The third-order valence-corrected chi connectivity index (χ3v) is 6.27. The van der Waals surface area contributed by atoms with E-state index in [9.17, 15) is 18.0 Å². The molecule has 2 amide bonds. The zero-order valence-electron chi connectivity index (χ0n) is 15.6. The molecule has 11 heteroatoms. The van der Waals surface area contributed by atoms with E-state index in [1.807, 2.05) is 0 Å². The maximum absolute atomic E-state index is 15.3. The van der Waals surface area contributed by atoms with E-state index in [1.165, 1.54) is 30.7 Å². The van der Waals surface area contributed by atoms with Gasteiger partial charge in [0.1, 0.15) is 5.52 Å². The molecule has 3 aromatic rings. The molecule has 9 nitrogen and oxygen atoms in total. The van der Waals surface area contributed by atoms with Crippen LogP contribution in [-0.4, -0.2) is 39.7 Å². The van der Waals surface area contributed by atoms with Crippen LogP contribution in [0.4, 0.5) is 10.1 Å². The van der Waals surface area contributed by atoms with Gasteiger partial charge in [0, 0.05) is 31.1 Å². The van der Waals surface area contributed by atoms with E-state index < -0.39 is 33.6 Å². The molecule has 1 unspecified atom stereocenters. The lowest BCUT2D eigenvalue weighted by Gasteiger charge is -2.19. The molecule has 1 atom stereocenters. The first-order valence-corrected chi connectivity index (χ1v) is 10.3. The first kappa shape index (κ1) is 19.1. The van der Waals surface area contributed by atoms with Gasteiger partial charge >= 0.3 is 0 Å². The van der Waals surface area contributed by atoms with E-state index >= 15 is 4.39 Å². The first-order chi connectivity index (χ1) is 13.7. The maximum atomic E-state index is 15.3. The summed E-state index contributed by atoms with van der Waals surface area (Å²) < 4.78 is 44.5. The van der Waals surface area contributed by atoms with E-state index in [1.54, 1.807) is 18.5 Å². The van der Waals surface area contributed by atoms with Gasteiger partial charge in [-0.2, -0.15) is 8.42 Å². The fraction of sp³-hybridized carbons (Fsp3) is 0.278. The molecule has 1 aliphatic heterocycles. The van der Waals surface area contributed by atoms with Crippen molar-refractivity contribution < 1.29 is 22.4 Å². The number of H-pyrrole nitrogens is 1. The summed E-state index contributed by atoms with van der Waals surface area (Å²) >= 11 is 0. The quantitative estimate of drug-likeness (QED) is 0.611. The van der Waals surface area contributed by atoms with E-state index in [4.69, 9.17) is 0 Å². The second kappa shape index (κ2) is 6.69. The number of likely N-dealkylation sites (tertiary alicyclic amines) is 1. The number of benzene rings is 1. The Morgan fingerprint density at radius 2 is 2.14 bits per heavy atom. The van der Waals surface area contributed by atoms with E-state index in [0.29, 0.717) is 5.52 Å². The average Bonchev–Trinajstić information content (AvgIpc) is 3.36. The van der Waals surface area contributed by atoms with Crippen LogP contribution >= 0.6 is 0 Å². The number of hydrogen-bond donors (Lipinski definition) is 2. The Morgan fingerprint density at radius 3 is 2.76 bits per heavy atom. The number of aromatic nitrogens is 3. The Labute approximate surface area is 165 Å². The van der Waals surface area contributed by atoms with Crippen LogP contribution < -0.4 is 4.72 Å². The minimum absolute atomic E-state index is 0.0254. The molecule has 0 saturated carbocycles. The van der Waals surface area contributed by atoms with E-state index in [2.05, 4.69) is 14.7 Å². The van der Waals surface area contributed by atoms with Gasteiger partial charge in [-0.1, -0.05) is 6.92 Å². The predicted molar refractivity (Wildman–Crippen MR) is 102 cm³/mol. The normalized spacial score (nSPS) is 17.5. The lowest BCUT2D eigenvalue weighted by atomic mass is 10.1. The van der Waals surface area contributed by atoms with Crippen LogP contribution in [0.2, 0.25) is 0 Å². The molecule has 3 heterocycles. The van der Waals surface area contributed by atoms with Crippen LogP contribution in [-0.2, 0) is 33.2 Å². The third kappa shape index (κ3) is 3.16. The van der Waals surface area contributed by atoms with Gasteiger partial charge in [-0.05, 0) is 18.2 Å². The van der Waals surface area contributed by atoms with Crippen molar-refractivity contribution in [1.29, 1.82) is 0 Å². The zero-order valence-corrected chi connectivity index (χ0v) is 16.5. The number of amides is 2. The summed E-state index contributed by atoms with van der Waals surface area (Å²) in [6.45, 7) is 1.23. The van der Waals surface area contributed by atoms with Crippen molar-refractivity contribution in [1.82, 2.24) is 19.4 Å². The Bertz CT molecular complexity index is 1230. The van der Waals surface area contributed by atoms with Crippen LogP contribution in [0.5, 0.6) is 0 Å². The maximum Gasteiger partial charge on any atom is 0.277 e. The number of nitrogens with zero attached hydrogens (tertiary/aromatic N) is 3. The number of aromatic amines is 1. The number of nitrogens with one attached hydrogen (secondary N) is 2. The Hall–Kier alpha value is -3.21. The molecular formula is C18H18FN5O4S. The lowest BCUT2D eigenvalue weighted by molar-refractivity contribution is -0.139. The molecule has 1 fully saturated rings. The van der Waals surface area contributed by atoms with Gasteiger partial charge in [0.05, 0.1) is 24.1 Å². The Kier molecular flexibility index (Phi) is 4.41. The highest BCUT2D eigenvalue weighted by Gasteiger charge is 2.37. The summed E-state index contributed by atoms with van der Waals surface area (Å²) in [4.78, 5) is 32.0. The Morgan fingerprint density at radius 1 is 1.38 bits per heavy atom. The fourth-order valence-corrected chi connectivity index (χ4v) is 4.43. The van der Waals surface area contributed by atoms with Crippen molar-refractivity contribution in [2.75, 3.05) is 4.72 Å². The fourth-order valence-electron chi connectivity index (χ4n) is 3.36. The topological polar surface area (TPSA) is 117 Å². The highest BCUT2D eigenvalue weighted by Crippen LogP contribution is 2.32. The van der Waals surface area contributed by atoms with Gasteiger partial charge in [-0.3, -0.25) is 19.2 Å². The summed E-state index contributed by atoms with van der Waals surface area (Å²) in [7, 11) is -2.39. The Balaban J connectivity index is 1.84. The largest absolute Gasteiger partial charge is 0.351 e. The molecule has 2 aromatic heterocycles. The van der Waals surface area contributed by atoms with E-state index in [0.717, 1.165) is 4.90 Å². The minimum Gasteiger partial charge on any atom is -0.351 e. The number of aryl methyl sites for hydroxylation is 1. The van der Waals surface area contributed by atoms with Gasteiger partial charge in [0.15, 0.2) is 10.8 Å². The number of fused-ring (bicyclic) bond motifs is 1. The van der Waals surface area contributed by atoms with Crippen molar-refractivity contribution in [2.24, 2.45) is 13.0 Å². The number of anilines is 1. The summed E-state index contributed by atoms with van der Waals surface area (Å²) in [6.07, 6.45) is 2.88. The van der Waals surface area contributed by atoms with Gasteiger partial charge in [0.2, 0.25) is 11.8 Å². The van der Waals surface area contributed by atoms with Crippen LogP contribution in [0, 0.1) is 11.7 Å². The molecule has 0 radical (unpaired) electrons. The van der Waals surface area contributed by atoms with Crippen molar-refractivity contribution in [3.63, 3.8) is 0 Å². The predicted octanol–water partition coefficient (Wildman–Crippen LogP) is 1.74. The molecule has 0 aliphatic carbocycles. The van der Waals surface area contributed by atoms with Crippen LogP contribution in [0.1, 0.15) is 18.9 Å². The number of rotatable bonds is 5. The minimum atomic E-state index is -4.04. The molecule has 152 valence electrons. The van der Waals surface area contributed by atoms with Crippen LogP contribution in [0.15, 0.2) is 35.7 Å². The average molecular weight is 419 g/mol. The monoisotopic (exact) mass is 419 g/mol. The third-order valence-electron chi connectivity index (χ3n) is 4.95. The van der Waals surface area contributed by atoms with Crippen molar-refractivity contribution in [3.8, 4) is 0 Å². The lowest BCUT2D eigenvalue weighted by Crippen LogP contribution is -2.30. The number of halogens is 1. The molecule has 1 aromatic carbocycles. The highest BCUT2D eigenvalue weighted by atomic mass is 32.2.